The van der Waals surface area contributed by atoms with Crippen molar-refractivity contribution in [3.05, 3.63) is 0 Å². The standard InChI is InChI=1S/C16H26N2O2/c1-5-13-6-7-14(12-13)17-8-10-18(11-9-17)15(19)20-16(2,3)4/h1,13-14H,6-12H2,2-4H3/t13-,14-/m1/s1. The molecule has 0 radical (unpaired) electrons. The summed E-state index contributed by atoms with van der Waals surface area (Å²) in [7, 11) is 0. The van der Waals surface area contributed by atoms with Gasteiger partial charge in [-0.2, -0.15) is 0 Å². The van der Waals surface area contributed by atoms with Gasteiger partial charge < -0.3 is 9.64 Å². The fraction of sp³-hybridized carbons (Fsp3) is 0.812. The maximum atomic E-state index is 12.0. The van der Waals surface area contributed by atoms with Crippen LogP contribution in [0, 0.1) is 18.3 Å². The Morgan fingerprint density at radius 3 is 2.35 bits per heavy atom. The number of hydrogen-bond acceptors (Lipinski definition) is 3. The summed E-state index contributed by atoms with van der Waals surface area (Å²) < 4.78 is 5.41. The largest absolute Gasteiger partial charge is 0.444 e. The van der Waals surface area contributed by atoms with E-state index in [1.54, 1.807) is 0 Å². The second-order valence-electron chi connectivity index (χ2n) is 6.83. The number of rotatable bonds is 1. The predicted octanol–water partition coefficient (Wildman–Crippen LogP) is 2.34. The maximum absolute atomic E-state index is 12.0. The zero-order valence-corrected chi connectivity index (χ0v) is 12.9. The summed E-state index contributed by atoms with van der Waals surface area (Å²) >= 11 is 0. The van der Waals surface area contributed by atoms with E-state index in [0.717, 1.165) is 39.0 Å². The summed E-state index contributed by atoms with van der Waals surface area (Å²) in [4.78, 5) is 16.3. The zero-order chi connectivity index (χ0) is 14.8. The first-order valence-electron chi connectivity index (χ1n) is 7.57. The lowest BCUT2D eigenvalue weighted by Gasteiger charge is -2.38. The van der Waals surface area contributed by atoms with Crippen molar-refractivity contribution in [2.75, 3.05) is 26.2 Å². The number of carbonyl (C=O) groups is 1. The van der Waals surface area contributed by atoms with Gasteiger partial charge in [-0.05, 0) is 40.0 Å². The van der Waals surface area contributed by atoms with Gasteiger partial charge >= 0.3 is 6.09 Å². The molecule has 112 valence electrons. The van der Waals surface area contributed by atoms with Crippen LogP contribution in [0.4, 0.5) is 4.79 Å². The summed E-state index contributed by atoms with van der Waals surface area (Å²) in [6, 6.07) is 0.608. The molecule has 0 N–H and O–H groups in total. The molecule has 1 aliphatic heterocycles. The summed E-state index contributed by atoms with van der Waals surface area (Å²) in [5.41, 5.74) is -0.417. The molecule has 0 spiro atoms. The molecule has 2 atom stereocenters. The van der Waals surface area contributed by atoms with Crippen LogP contribution in [0.5, 0.6) is 0 Å². The van der Waals surface area contributed by atoms with Gasteiger partial charge in [0.05, 0.1) is 0 Å². The molecule has 0 aromatic carbocycles. The van der Waals surface area contributed by atoms with Crippen molar-refractivity contribution in [3.63, 3.8) is 0 Å². The lowest BCUT2D eigenvalue weighted by Crippen LogP contribution is -2.52. The lowest BCUT2D eigenvalue weighted by molar-refractivity contribution is 0.0105. The Morgan fingerprint density at radius 2 is 1.85 bits per heavy atom. The molecule has 0 aromatic heterocycles. The Kier molecular flexibility index (Phi) is 4.59. The zero-order valence-electron chi connectivity index (χ0n) is 12.9. The van der Waals surface area contributed by atoms with Crippen LogP contribution in [0.1, 0.15) is 40.0 Å². The average Bonchev–Trinajstić information content (AvgIpc) is 2.85. The average molecular weight is 278 g/mol. The van der Waals surface area contributed by atoms with Gasteiger partial charge in [0.1, 0.15) is 5.60 Å². The first-order chi connectivity index (χ1) is 9.39. The first-order valence-corrected chi connectivity index (χ1v) is 7.57. The second kappa shape index (κ2) is 6.05. The molecule has 4 nitrogen and oxygen atoms in total. The minimum absolute atomic E-state index is 0.190. The Hall–Kier alpha value is -1.21. The van der Waals surface area contributed by atoms with E-state index in [-0.39, 0.29) is 6.09 Å². The van der Waals surface area contributed by atoms with Crippen LogP contribution in [0.15, 0.2) is 0 Å². The number of carbonyl (C=O) groups excluding carboxylic acids is 1. The molecule has 4 heteroatoms. The maximum Gasteiger partial charge on any atom is 0.410 e. The van der Waals surface area contributed by atoms with Crippen molar-refractivity contribution in [3.8, 4) is 12.3 Å². The molecule has 0 unspecified atom stereocenters. The van der Waals surface area contributed by atoms with Crippen LogP contribution in [0.3, 0.4) is 0 Å². The number of terminal acetylenes is 1. The van der Waals surface area contributed by atoms with E-state index in [2.05, 4.69) is 10.8 Å². The first kappa shape index (κ1) is 15.2. The van der Waals surface area contributed by atoms with Crippen LogP contribution in [0.2, 0.25) is 0 Å². The number of amides is 1. The van der Waals surface area contributed by atoms with E-state index in [4.69, 9.17) is 11.2 Å². The fourth-order valence-electron chi connectivity index (χ4n) is 3.04. The summed E-state index contributed by atoms with van der Waals surface area (Å²) in [5, 5.41) is 0. The molecule has 1 heterocycles. The van der Waals surface area contributed by atoms with E-state index in [9.17, 15) is 4.79 Å². The van der Waals surface area contributed by atoms with Gasteiger partial charge in [-0.25, -0.2) is 4.79 Å². The monoisotopic (exact) mass is 278 g/mol. The van der Waals surface area contributed by atoms with Crippen molar-refractivity contribution in [2.45, 2.75) is 51.7 Å². The molecule has 0 aromatic rings. The van der Waals surface area contributed by atoms with E-state index in [1.165, 1.54) is 6.42 Å². The molecule has 2 aliphatic rings. The van der Waals surface area contributed by atoms with Crippen molar-refractivity contribution in [2.24, 2.45) is 5.92 Å². The fourth-order valence-corrected chi connectivity index (χ4v) is 3.04. The molecule has 1 aliphatic carbocycles. The number of nitrogens with zero attached hydrogens (tertiary/aromatic N) is 2. The third-order valence-electron chi connectivity index (χ3n) is 4.12. The third kappa shape index (κ3) is 3.89. The van der Waals surface area contributed by atoms with Crippen molar-refractivity contribution >= 4 is 6.09 Å². The van der Waals surface area contributed by atoms with Crippen molar-refractivity contribution < 1.29 is 9.53 Å². The number of ether oxygens (including phenoxy) is 1. The highest BCUT2D eigenvalue weighted by Crippen LogP contribution is 2.29. The highest BCUT2D eigenvalue weighted by atomic mass is 16.6. The molecule has 1 saturated carbocycles. The quantitative estimate of drug-likeness (QED) is 0.690. The SMILES string of the molecule is C#C[C@@H]1CC[C@@H](N2CCN(C(=O)OC(C)(C)C)CC2)C1. The minimum atomic E-state index is -0.417. The van der Waals surface area contributed by atoms with Crippen LogP contribution in [-0.4, -0.2) is 53.7 Å². The van der Waals surface area contributed by atoms with Crippen LogP contribution < -0.4 is 0 Å². The molecular formula is C16H26N2O2. The molecule has 20 heavy (non-hydrogen) atoms. The summed E-state index contributed by atoms with van der Waals surface area (Å²) in [5.74, 6) is 3.32. The molecule has 1 saturated heterocycles. The third-order valence-corrected chi connectivity index (χ3v) is 4.12. The van der Waals surface area contributed by atoms with E-state index < -0.39 is 5.60 Å². The molecule has 1 amide bonds. The predicted molar refractivity (Wildman–Crippen MR) is 79.3 cm³/mol. The highest BCUT2D eigenvalue weighted by molar-refractivity contribution is 5.68. The van der Waals surface area contributed by atoms with Gasteiger partial charge in [0.15, 0.2) is 0 Å². The van der Waals surface area contributed by atoms with Crippen LogP contribution >= 0.6 is 0 Å². The van der Waals surface area contributed by atoms with Gasteiger partial charge in [-0.15, -0.1) is 12.3 Å². The normalized spacial score (nSPS) is 28.2. The van der Waals surface area contributed by atoms with Crippen LogP contribution in [0.25, 0.3) is 0 Å². The van der Waals surface area contributed by atoms with Gasteiger partial charge in [0, 0.05) is 38.1 Å². The van der Waals surface area contributed by atoms with Gasteiger partial charge in [0.2, 0.25) is 0 Å². The minimum Gasteiger partial charge on any atom is -0.444 e. The van der Waals surface area contributed by atoms with Gasteiger partial charge in [0.25, 0.3) is 0 Å². The van der Waals surface area contributed by atoms with Crippen LogP contribution in [-0.2, 0) is 4.74 Å². The van der Waals surface area contributed by atoms with E-state index in [1.807, 2.05) is 25.7 Å². The molecule has 2 fully saturated rings. The van der Waals surface area contributed by atoms with E-state index >= 15 is 0 Å². The Labute approximate surface area is 122 Å². The van der Waals surface area contributed by atoms with Crippen molar-refractivity contribution in [1.29, 1.82) is 0 Å². The van der Waals surface area contributed by atoms with Gasteiger partial charge in [-0.3, -0.25) is 4.90 Å². The molecular weight excluding hydrogens is 252 g/mol. The highest BCUT2D eigenvalue weighted by Gasteiger charge is 2.32. The Balaban J connectivity index is 1.78. The molecule has 2 rings (SSSR count). The lowest BCUT2D eigenvalue weighted by atomic mass is 10.1. The number of piperazine rings is 1. The van der Waals surface area contributed by atoms with E-state index in [0.29, 0.717) is 12.0 Å². The number of hydrogen-bond donors (Lipinski definition) is 0. The summed E-state index contributed by atoms with van der Waals surface area (Å²) in [6.07, 6.45) is 8.77. The topological polar surface area (TPSA) is 32.8 Å². The smallest absolute Gasteiger partial charge is 0.410 e. The second-order valence-corrected chi connectivity index (χ2v) is 6.83. The Bertz CT molecular complexity index is 386. The summed E-state index contributed by atoms with van der Waals surface area (Å²) in [6.45, 7) is 9.08. The molecule has 0 bridgehead atoms. The van der Waals surface area contributed by atoms with Gasteiger partial charge in [-0.1, -0.05) is 0 Å². The Morgan fingerprint density at radius 1 is 1.20 bits per heavy atom. The van der Waals surface area contributed by atoms with Crippen molar-refractivity contribution in [1.82, 2.24) is 9.80 Å².